The zero-order chi connectivity index (χ0) is 18.0. The molecule has 0 aliphatic rings. The molecule has 27 heavy (non-hydrogen) atoms. The number of halogens is 1. The van der Waals surface area contributed by atoms with E-state index >= 15 is 0 Å². The zero-order valence-electron chi connectivity index (χ0n) is 14.3. The van der Waals surface area contributed by atoms with Crippen LogP contribution in [0.15, 0.2) is 89.3 Å². The van der Waals surface area contributed by atoms with Gasteiger partial charge in [0.25, 0.3) is 0 Å². The summed E-state index contributed by atoms with van der Waals surface area (Å²) >= 11 is 2.38. The van der Waals surface area contributed by atoms with Gasteiger partial charge < -0.3 is 8.98 Å². The molecule has 0 radical (unpaired) electrons. The van der Waals surface area contributed by atoms with Crippen LogP contribution in [0.3, 0.4) is 0 Å². The third-order valence-electron chi connectivity index (χ3n) is 5.26. The number of nitrogens with zero attached hydrogens (tertiary/aromatic N) is 1. The van der Waals surface area contributed by atoms with Crippen LogP contribution in [-0.4, -0.2) is 4.57 Å². The molecule has 0 aliphatic carbocycles. The third-order valence-corrected chi connectivity index (χ3v) is 5.93. The number of fused-ring (bicyclic) bond motifs is 6. The van der Waals surface area contributed by atoms with Crippen molar-refractivity contribution >= 4 is 66.3 Å². The first-order chi connectivity index (χ1) is 13.3. The van der Waals surface area contributed by atoms with Gasteiger partial charge in [0.2, 0.25) is 0 Å². The maximum Gasteiger partial charge on any atom is 0.137 e. The van der Waals surface area contributed by atoms with Crippen molar-refractivity contribution in [3.8, 4) is 5.69 Å². The fraction of sp³-hybridized carbons (Fsp3) is 0. The van der Waals surface area contributed by atoms with Gasteiger partial charge in [0.05, 0.1) is 22.1 Å². The lowest BCUT2D eigenvalue weighted by atomic mass is 10.1. The molecule has 0 saturated carbocycles. The molecule has 0 unspecified atom stereocenters. The second-order valence-electron chi connectivity index (χ2n) is 6.76. The lowest BCUT2D eigenvalue weighted by Crippen LogP contribution is -1.94. The highest BCUT2D eigenvalue weighted by Crippen LogP contribution is 2.38. The lowest BCUT2D eigenvalue weighted by Gasteiger charge is -2.09. The van der Waals surface area contributed by atoms with Gasteiger partial charge in [-0.05, 0) is 65.1 Å². The van der Waals surface area contributed by atoms with Gasteiger partial charge in [-0.25, -0.2) is 0 Å². The maximum atomic E-state index is 6.12. The molecule has 6 aromatic rings. The summed E-state index contributed by atoms with van der Waals surface area (Å²) in [5, 5.41) is 4.87. The minimum Gasteiger partial charge on any atom is -0.456 e. The topological polar surface area (TPSA) is 18.1 Å². The minimum atomic E-state index is 0.921. The molecule has 2 heterocycles. The van der Waals surface area contributed by atoms with E-state index in [-0.39, 0.29) is 0 Å². The van der Waals surface area contributed by atoms with Crippen LogP contribution in [0.1, 0.15) is 0 Å². The number of aromatic nitrogens is 1. The summed E-state index contributed by atoms with van der Waals surface area (Å²) < 4.78 is 9.73. The second kappa shape index (κ2) is 5.60. The van der Waals surface area contributed by atoms with Crippen LogP contribution in [0, 0.1) is 3.57 Å². The summed E-state index contributed by atoms with van der Waals surface area (Å²) in [6.07, 6.45) is 0. The predicted molar refractivity (Wildman–Crippen MR) is 121 cm³/mol. The van der Waals surface area contributed by atoms with E-state index in [0.29, 0.717) is 0 Å². The first-order valence-electron chi connectivity index (χ1n) is 8.90. The van der Waals surface area contributed by atoms with Crippen LogP contribution in [0.2, 0.25) is 0 Å². The monoisotopic (exact) mass is 459 g/mol. The molecular weight excluding hydrogens is 445 g/mol. The first kappa shape index (κ1) is 15.3. The number of rotatable bonds is 1. The third kappa shape index (κ3) is 2.12. The van der Waals surface area contributed by atoms with Crippen molar-refractivity contribution in [1.29, 1.82) is 0 Å². The van der Waals surface area contributed by atoms with Gasteiger partial charge in [-0.3, -0.25) is 0 Å². The quantitative estimate of drug-likeness (QED) is 0.236. The standard InChI is InChI=1S/C24H14INO/c25-15-12-13-20-18(14-15)16-6-1-3-8-19(16)26(20)21-9-5-11-23-24(21)17-7-2-4-10-22(17)27-23/h1-14H. The smallest absolute Gasteiger partial charge is 0.137 e. The predicted octanol–water partition coefficient (Wildman–Crippen LogP) is 7.29. The summed E-state index contributed by atoms with van der Waals surface area (Å²) in [6, 6.07) is 29.9. The summed E-state index contributed by atoms with van der Waals surface area (Å²) in [4.78, 5) is 0. The van der Waals surface area contributed by atoms with Crippen molar-refractivity contribution in [1.82, 2.24) is 4.57 Å². The molecule has 0 N–H and O–H groups in total. The van der Waals surface area contributed by atoms with E-state index in [1.54, 1.807) is 0 Å². The maximum absolute atomic E-state index is 6.12. The molecule has 0 saturated heterocycles. The second-order valence-corrected chi connectivity index (χ2v) is 8.01. The van der Waals surface area contributed by atoms with E-state index in [2.05, 4.69) is 100.0 Å². The van der Waals surface area contributed by atoms with E-state index in [1.165, 1.54) is 25.4 Å². The molecule has 0 spiro atoms. The lowest BCUT2D eigenvalue weighted by molar-refractivity contribution is 0.669. The Morgan fingerprint density at radius 2 is 1.37 bits per heavy atom. The van der Waals surface area contributed by atoms with Crippen molar-refractivity contribution in [3.63, 3.8) is 0 Å². The molecule has 3 heteroatoms. The number of para-hydroxylation sites is 2. The molecule has 2 aromatic heterocycles. The molecule has 0 aliphatic heterocycles. The van der Waals surface area contributed by atoms with Gasteiger partial charge in [0, 0.05) is 19.7 Å². The van der Waals surface area contributed by atoms with Gasteiger partial charge in [-0.2, -0.15) is 0 Å². The Morgan fingerprint density at radius 3 is 2.30 bits per heavy atom. The van der Waals surface area contributed by atoms with Crippen LogP contribution in [0.25, 0.3) is 49.4 Å². The van der Waals surface area contributed by atoms with Crippen LogP contribution in [-0.2, 0) is 0 Å². The zero-order valence-corrected chi connectivity index (χ0v) is 16.5. The van der Waals surface area contributed by atoms with Crippen LogP contribution < -0.4 is 0 Å². The Hall–Kier alpha value is -2.79. The SMILES string of the molecule is Ic1ccc2c(c1)c1ccccc1n2-c1cccc2oc3ccccc3c12. The van der Waals surface area contributed by atoms with Gasteiger partial charge in [0.15, 0.2) is 0 Å². The molecule has 128 valence electrons. The summed E-state index contributed by atoms with van der Waals surface area (Å²) in [6.45, 7) is 0. The fourth-order valence-corrected chi connectivity index (χ4v) is 4.64. The van der Waals surface area contributed by atoms with E-state index in [1.807, 2.05) is 12.1 Å². The van der Waals surface area contributed by atoms with E-state index in [4.69, 9.17) is 4.42 Å². The van der Waals surface area contributed by atoms with E-state index in [0.717, 1.165) is 27.6 Å². The first-order valence-corrected chi connectivity index (χ1v) is 9.98. The molecule has 6 rings (SSSR count). The van der Waals surface area contributed by atoms with Crippen LogP contribution >= 0.6 is 22.6 Å². The van der Waals surface area contributed by atoms with Crippen molar-refractivity contribution in [3.05, 3.63) is 88.5 Å². The Labute approximate surface area is 169 Å². The molecule has 2 nitrogen and oxygen atoms in total. The summed E-state index contributed by atoms with van der Waals surface area (Å²) in [5.41, 5.74) is 5.44. The van der Waals surface area contributed by atoms with Crippen molar-refractivity contribution in [2.75, 3.05) is 0 Å². The molecule has 0 amide bonds. The Morgan fingerprint density at radius 1 is 0.630 bits per heavy atom. The van der Waals surface area contributed by atoms with Crippen LogP contribution in [0.4, 0.5) is 0 Å². The fourth-order valence-electron chi connectivity index (χ4n) is 4.15. The molecule has 0 bridgehead atoms. The molecule has 4 aromatic carbocycles. The highest BCUT2D eigenvalue weighted by atomic mass is 127. The van der Waals surface area contributed by atoms with Gasteiger partial charge in [0.1, 0.15) is 11.2 Å². The highest BCUT2D eigenvalue weighted by molar-refractivity contribution is 14.1. The Balaban J connectivity index is 1.86. The van der Waals surface area contributed by atoms with Crippen molar-refractivity contribution in [2.45, 2.75) is 0 Å². The van der Waals surface area contributed by atoms with Crippen molar-refractivity contribution in [2.24, 2.45) is 0 Å². The van der Waals surface area contributed by atoms with E-state index < -0.39 is 0 Å². The van der Waals surface area contributed by atoms with Crippen LogP contribution in [0.5, 0.6) is 0 Å². The number of hydrogen-bond acceptors (Lipinski definition) is 1. The van der Waals surface area contributed by atoms with Gasteiger partial charge >= 0.3 is 0 Å². The molecule has 0 atom stereocenters. The average Bonchev–Trinajstić information content (AvgIpc) is 3.23. The normalized spacial score (nSPS) is 11.9. The Kier molecular flexibility index (Phi) is 3.17. The van der Waals surface area contributed by atoms with E-state index in [9.17, 15) is 0 Å². The summed E-state index contributed by atoms with van der Waals surface area (Å²) in [7, 11) is 0. The highest BCUT2D eigenvalue weighted by Gasteiger charge is 2.17. The number of benzene rings is 4. The summed E-state index contributed by atoms with van der Waals surface area (Å²) in [5.74, 6) is 0. The Bertz CT molecular complexity index is 1490. The molecule has 0 fully saturated rings. The van der Waals surface area contributed by atoms with Gasteiger partial charge in [-0.1, -0.05) is 42.5 Å². The average molecular weight is 459 g/mol. The molecular formula is C24H14INO. The van der Waals surface area contributed by atoms with Gasteiger partial charge in [-0.15, -0.1) is 0 Å². The number of furan rings is 1. The minimum absolute atomic E-state index is 0.921. The number of hydrogen-bond donors (Lipinski definition) is 0. The largest absolute Gasteiger partial charge is 0.456 e. The van der Waals surface area contributed by atoms with Crippen molar-refractivity contribution < 1.29 is 4.42 Å².